The molecule has 0 bridgehead atoms. The lowest BCUT2D eigenvalue weighted by atomic mass is 9.95. The molecule has 0 N–H and O–H groups in total. The van der Waals surface area contributed by atoms with Gasteiger partial charge < -0.3 is 18.9 Å². The lowest BCUT2D eigenvalue weighted by Crippen LogP contribution is -2.69. The molecule has 2 aromatic rings. The summed E-state index contributed by atoms with van der Waals surface area (Å²) in [4.78, 5) is 149. The van der Waals surface area contributed by atoms with Gasteiger partial charge in [-0.3, -0.25) is 78.4 Å². The monoisotopic (exact) mass is 1260 g/mol. The van der Waals surface area contributed by atoms with Crippen molar-refractivity contribution >= 4 is 60.0 Å². The molecule has 0 aromatic heterocycles. The minimum Gasteiger partial charge on any atom is -0.493 e. The Labute approximate surface area is 527 Å². The number of carbonyl (C=O) groups is 8. The fourth-order valence-electron chi connectivity index (χ4n) is 17.1. The van der Waals surface area contributed by atoms with Crippen molar-refractivity contribution in [3.63, 3.8) is 0 Å². The van der Waals surface area contributed by atoms with Crippen molar-refractivity contribution in [1.82, 2.24) is 78.4 Å². The Kier molecular flexibility index (Phi) is 13.6. The number of rotatable bonds is 20. The molecule has 0 spiro atoms. The van der Waals surface area contributed by atoms with Crippen molar-refractivity contribution in [3.8, 4) is 23.0 Å². The number of nitrogens with zero attached hydrogens (tertiary/aromatic N) is 16. The minimum absolute atomic E-state index is 0.0536. The number of hydrogen-bond donors (Lipinski definition) is 0. The number of benzene rings is 2. The van der Waals surface area contributed by atoms with Gasteiger partial charge in [0.2, 0.25) is 0 Å². The van der Waals surface area contributed by atoms with Crippen LogP contribution in [0.1, 0.15) is 135 Å². The molecule has 484 valence electrons. The Hall–Kier alpha value is -7.85. The number of urea groups is 8. The van der Waals surface area contributed by atoms with Gasteiger partial charge in [-0.05, 0) is 83.4 Å². The Morgan fingerprint density at radius 3 is 0.900 bits per heavy atom. The van der Waals surface area contributed by atoms with E-state index in [2.05, 4.69) is 6.92 Å². The normalized spacial score (nSPS) is 30.5. The molecule has 0 radical (unpaired) electrons. The van der Waals surface area contributed by atoms with Gasteiger partial charge in [0.1, 0.15) is 63.0 Å². The van der Waals surface area contributed by atoms with Gasteiger partial charge in [0.15, 0.2) is 47.3 Å². The van der Waals surface area contributed by atoms with Crippen molar-refractivity contribution in [1.29, 1.82) is 0 Å². The highest BCUT2D eigenvalue weighted by Crippen LogP contribution is 2.59. The first-order valence-electron chi connectivity index (χ1n) is 32.4. The molecule has 13 heterocycles. The molecule has 28 nitrogen and oxygen atoms in total. The van der Waals surface area contributed by atoms with Crippen LogP contribution in [0.25, 0.3) is 0 Å². The maximum absolute atomic E-state index is 15.7. The van der Waals surface area contributed by atoms with Crippen molar-refractivity contribution in [2.45, 2.75) is 187 Å². The van der Waals surface area contributed by atoms with Gasteiger partial charge in [-0.1, -0.05) is 59.8 Å². The first-order valence-corrected chi connectivity index (χ1v) is 33.6. The van der Waals surface area contributed by atoms with E-state index in [-0.39, 0.29) is 52.9 Å². The summed E-state index contributed by atoms with van der Waals surface area (Å²) in [6.07, 6.45) is 5.20. The Morgan fingerprint density at radius 1 is 0.333 bits per heavy atom. The van der Waals surface area contributed by atoms with Gasteiger partial charge in [-0.2, -0.15) is 11.8 Å². The summed E-state index contributed by atoms with van der Waals surface area (Å²) in [5.41, 5.74) is -2.78. The quantitative estimate of drug-likeness (QED) is 0.121. The summed E-state index contributed by atoms with van der Waals surface area (Å²) >= 11 is 1.86. The fourth-order valence-corrected chi connectivity index (χ4v) is 17.9. The van der Waals surface area contributed by atoms with Crippen molar-refractivity contribution in [2.24, 2.45) is 0 Å². The van der Waals surface area contributed by atoms with Gasteiger partial charge in [0.05, 0.1) is 52.6 Å². The third kappa shape index (κ3) is 7.42. The third-order valence-corrected chi connectivity index (χ3v) is 23.2. The largest absolute Gasteiger partial charge is 0.493 e. The number of amides is 16. The Bertz CT molecular complexity index is 3420. The molecule has 0 unspecified atom stereocenters. The van der Waals surface area contributed by atoms with E-state index in [0.29, 0.717) is 60.6 Å². The lowest BCUT2D eigenvalue weighted by Gasteiger charge is -2.49. The summed E-state index contributed by atoms with van der Waals surface area (Å²) in [6.45, 7) is 15.4. The van der Waals surface area contributed by atoms with Crippen LogP contribution < -0.4 is 18.9 Å². The number of unbranched alkanes of at least 4 members (excludes halogenated alkanes) is 5. The molecule has 90 heavy (non-hydrogen) atoms. The van der Waals surface area contributed by atoms with Gasteiger partial charge in [0, 0.05) is 28.0 Å². The number of ether oxygens (including phenoxy) is 4. The molecule has 2 aromatic carbocycles. The average Bonchev–Trinajstić information content (AvgIpc) is 1.50. The van der Waals surface area contributed by atoms with Crippen molar-refractivity contribution in [3.05, 3.63) is 46.5 Å². The smallest absolute Gasteiger partial charge is 0.326 e. The molecule has 29 heteroatoms. The first kappa shape index (κ1) is 58.5. The average molecular weight is 1260 g/mol. The zero-order valence-electron chi connectivity index (χ0n) is 52.8. The summed E-state index contributed by atoms with van der Waals surface area (Å²) in [7, 11) is 0. The predicted octanol–water partition coefficient (Wildman–Crippen LogP) is 7.11. The van der Waals surface area contributed by atoms with Crippen LogP contribution >= 0.6 is 11.8 Å². The fraction of sp³-hybridized carbons (Fsp3) is 0.672. The molecule has 16 amide bonds. The maximum Gasteiger partial charge on any atom is 0.326 e. The highest BCUT2D eigenvalue weighted by atomic mass is 32.2. The predicted molar refractivity (Wildman–Crippen MR) is 322 cm³/mol. The maximum atomic E-state index is 15.7. The van der Waals surface area contributed by atoms with E-state index in [0.717, 1.165) is 48.3 Å². The second kappa shape index (κ2) is 20.8. The van der Waals surface area contributed by atoms with E-state index in [9.17, 15) is 0 Å². The van der Waals surface area contributed by atoms with Crippen LogP contribution in [-0.2, 0) is 26.2 Å². The molecule has 0 aliphatic carbocycles. The molecule has 11 saturated heterocycles. The summed E-state index contributed by atoms with van der Waals surface area (Å²) in [5, 5.41) is 0. The van der Waals surface area contributed by atoms with E-state index in [4.69, 9.17) is 18.9 Å². The Morgan fingerprint density at radius 2 is 0.600 bits per heavy atom. The molecular weight excluding hydrogens is 1180 g/mol. The second-order valence-corrected chi connectivity index (χ2v) is 27.7. The van der Waals surface area contributed by atoms with Crippen LogP contribution in [-0.4, -0.2) is 252 Å². The first-order chi connectivity index (χ1) is 43.4. The van der Waals surface area contributed by atoms with Crippen molar-refractivity contribution in [2.75, 3.05) is 77.9 Å². The molecule has 8 atom stereocenters. The molecule has 0 saturated carbocycles. The Balaban J connectivity index is 0.739. The van der Waals surface area contributed by atoms with E-state index in [1.807, 2.05) is 77.6 Å². The standard InChI is InChI=1S/C61H82N16O12S/c1-9-13-14-15-16-17-26-90-27-25-89-45-21-20-44(88-24-12-4)40-30-72-56(84)76-36-68-49-47-64(52(68)80)32-62-46-48-66(50(62)78)34-74-54(82)70-28-38-39(43(87-23-11-3)19-18-42(38)86-22-10-2)29-71-55(83)75(60(74,7)58(70,71)5)35-67(48)51(79)63(46)33-65(47)53(81)69(49)37-77-57(85)73(31-41(40)45)59(72,6)61(76,77)8/h18-21,46-49H,9-17,22-37H2,1-8H3/t46-,47+,48+,49-,58+,59-,60-,61+/m0/s1. The van der Waals surface area contributed by atoms with Crippen LogP contribution in [0, 0.1) is 0 Å². The van der Waals surface area contributed by atoms with Crippen LogP contribution in [0.15, 0.2) is 24.3 Å². The van der Waals surface area contributed by atoms with Gasteiger partial charge >= 0.3 is 48.2 Å². The third-order valence-electron chi connectivity index (χ3n) is 22.2. The molecule has 11 fully saturated rings. The SMILES string of the molecule is CCCCCCCCSCCOc1ccc(OCCC)c2c1CN1C(=O)N3CN4C(=O)N5CN6C(=O)N7CN8C(=O)N9Cc%10c(OCCC)ccc(OCCC)c%10CN%10C(=O)N(CN%11C(=O)N(CN%12C(=O)N(CN%13C(=O)N(C2)[C@]1(C)[C@]%133C)[C@@H]4[C@H]%125)[C@@H]6[C@H]%117)[C@]8(C)[C@]%109C. The zero-order chi connectivity index (χ0) is 62.8. The highest BCUT2D eigenvalue weighted by Gasteiger charge is 2.80. The number of fused-ring (bicyclic) bond motifs is 2. The molecular formula is C61H82N16O12S. The van der Waals surface area contributed by atoms with Crippen LogP contribution in [0.4, 0.5) is 38.4 Å². The van der Waals surface area contributed by atoms with Crippen LogP contribution in [0.5, 0.6) is 23.0 Å². The van der Waals surface area contributed by atoms with Crippen molar-refractivity contribution < 1.29 is 57.3 Å². The van der Waals surface area contributed by atoms with E-state index >= 15 is 38.4 Å². The van der Waals surface area contributed by atoms with Crippen LogP contribution in [0.3, 0.4) is 0 Å². The van der Waals surface area contributed by atoms with E-state index in [1.165, 1.54) is 71.3 Å². The molecule has 15 rings (SSSR count). The highest BCUT2D eigenvalue weighted by molar-refractivity contribution is 7.99. The second-order valence-electron chi connectivity index (χ2n) is 26.5. The number of carbonyl (C=O) groups excluding carboxylic acids is 8. The number of thioether (sulfide) groups is 1. The summed E-state index contributed by atoms with van der Waals surface area (Å²) in [6, 6.07) is 3.43. The molecule has 13 aliphatic rings. The van der Waals surface area contributed by atoms with E-state index < -0.39 is 109 Å². The molecule has 13 aliphatic heterocycles. The van der Waals surface area contributed by atoms with Gasteiger partial charge in [-0.25, -0.2) is 38.4 Å². The van der Waals surface area contributed by atoms with Crippen LogP contribution in [0.2, 0.25) is 0 Å². The number of hydrogen-bond acceptors (Lipinski definition) is 13. The summed E-state index contributed by atoms with van der Waals surface area (Å²) < 4.78 is 25.6. The lowest BCUT2D eigenvalue weighted by molar-refractivity contribution is -0.0871. The summed E-state index contributed by atoms with van der Waals surface area (Å²) in [5.74, 6) is 4.15. The van der Waals surface area contributed by atoms with E-state index in [1.54, 1.807) is 46.1 Å². The van der Waals surface area contributed by atoms with Gasteiger partial charge in [-0.15, -0.1) is 0 Å². The topological polar surface area (TPSA) is 225 Å². The minimum atomic E-state index is -1.47. The van der Waals surface area contributed by atoms with Gasteiger partial charge in [0.25, 0.3) is 0 Å². The zero-order valence-corrected chi connectivity index (χ0v) is 53.6.